The van der Waals surface area contributed by atoms with Crippen molar-refractivity contribution in [3.05, 3.63) is 0 Å². The molecule has 0 aromatic rings. The quantitative estimate of drug-likeness (QED) is 0.161. The van der Waals surface area contributed by atoms with Crippen LogP contribution in [0.2, 0.25) is 0 Å². The van der Waals surface area contributed by atoms with Crippen molar-refractivity contribution in [1.82, 2.24) is 16.0 Å². The summed E-state index contributed by atoms with van der Waals surface area (Å²) in [5.41, 5.74) is 5.13. The minimum Gasteiger partial charge on any atom is -0.481 e. The van der Waals surface area contributed by atoms with E-state index in [9.17, 15) is 24.0 Å². The van der Waals surface area contributed by atoms with Gasteiger partial charge in [-0.15, -0.1) is 0 Å². The fourth-order valence-electron chi connectivity index (χ4n) is 2.30. The lowest BCUT2D eigenvalue weighted by Crippen LogP contribution is -2.57. The largest absolute Gasteiger partial charge is 0.481 e. The maximum Gasteiger partial charge on any atom is 0.305 e. The Balaban J connectivity index is 5.24. The van der Waals surface area contributed by atoms with Crippen molar-refractivity contribution in [2.24, 2.45) is 5.73 Å². The van der Waals surface area contributed by atoms with Gasteiger partial charge in [0.15, 0.2) is 0 Å². The summed E-state index contributed by atoms with van der Waals surface area (Å²) in [5, 5.41) is 16.2. The van der Waals surface area contributed by atoms with Gasteiger partial charge in [-0.2, -0.15) is 12.6 Å². The topological polar surface area (TPSA) is 168 Å². The van der Waals surface area contributed by atoms with Gasteiger partial charge in [0, 0.05) is 12.2 Å². The first-order valence-corrected chi connectivity index (χ1v) is 9.81. The van der Waals surface area contributed by atoms with Crippen molar-refractivity contribution in [2.75, 3.05) is 5.75 Å². The molecular formula is C17H30N4O6S. The van der Waals surface area contributed by atoms with Crippen LogP contribution in [0.25, 0.3) is 0 Å². The van der Waals surface area contributed by atoms with E-state index in [0.717, 1.165) is 12.8 Å². The van der Waals surface area contributed by atoms with Gasteiger partial charge in [-0.25, -0.2) is 0 Å². The van der Waals surface area contributed by atoms with Gasteiger partial charge in [0.05, 0.1) is 6.42 Å². The van der Waals surface area contributed by atoms with Gasteiger partial charge < -0.3 is 26.8 Å². The number of carbonyl (C=O) groups excluding carboxylic acids is 4. The second-order valence-corrected chi connectivity index (χ2v) is 6.64. The number of amides is 4. The predicted octanol–water partition coefficient (Wildman–Crippen LogP) is -0.679. The first kappa shape index (κ1) is 25.7. The fraction of sp³-hybridized carbons (Fsp3) is 0.706. The fourth-order valence-corrected chi connectivity index (χ4v) is 2.57. The van der Waals surface area contributed by atoms with Gasteiger partial charge in [0.25, 0.3) is 0 Å². The lowest BCUT2D eigenvalue weighted by atomic mass is 10.1. The van der Waals surface area contributed by atoms with Crippen LogP contribution < -0.4 is 21.7 Å². The summed E-state index contributed by atoms with van der Waals surface area (Å²) in [7, 11) is 0. The number of primary amides is 1. The molecule has 0 aliphatic heterocycles. The summed E-state index contributed by atoms with van der Waals surface area (Å²) < 4.78 is 0. The maximum atomic E-state index is 12.6. The Bertz CT molecular complexity index is 572. The molecule has 28 heavy (non-hydrogen) atoms. The molecule has 0 saturated heterocycles. The third-order valence-electron chi connectivity index (χ3n) is 3.92. The van der Waals surface area contributed by atoms with Crippen LogP contribution in [0, 0.1) is 0 Å². The molecule has 0 aliphatic rings. The van der Waals surface area contributed by atoms with Crippen LogP contribution in [-0.2, 0) is 24.0 Å². The highest BCUT2D eigenvalue weighted by molar-refractivity contribution is 7.80. The molecular weight excluding hydrogens is 388 g/mol. The van der Waals surface area contributed by atoms with Crippen molar-refractivity contribution >= 4 is 42.2 Å². The van der Waals surface area contributed by atoms with E-state index in [1.165, 1.54) is 0 Å². The van der Waals surface area contributed by atoms with Crippen LogP contribution in [-0.4, -0.2) is 58.6 Å². The van der Waals surface area contributed by atoms with E-state index in [-0.39, 0.29) is 18.1 Å². The first-order chi connectivity index (χ1) is 13.2. The number of carboxylic acids is 1. The van der Waals surface area contributed by atoms with E-state index in [0.29, 0.717) is 12.8 Å². The third-order valence-corrected chi connectivity index (χ3v) is 4.29. The van der Waals surface area contributed by atoms with Crippen molar-refractivity contribution in [2.45, 2.75) is 70.5 Å². The van der Waals surface area contributed by atoms with Gasteiger partial charge in [-0.05, 0) is 6.42 Å². The number of carboxylic acid groups (broad SMARTS) is 1. The number of rotatable bonds is 14. The van der Waals surface area contributed by atoms with E-state index in [1.807, 2.05) is 6.92 Å². The Morgan fingerprint density at radius 2 is 1.50 bits per heavy atom. The summed E-state index contributed by atoms with van der Waals surface area (Å²) >= 11 is 3.90. The molecule has 0 aromatic heterocycles. The molecule has 0 unspecified atom stereocenters. The molecule has 10 nitrogen and oxygen atoms in total. The lowest BCUT2D eigenvalue weighted by molar-refractivity contribution is -0.141. The zero-order valence-electron chi connectivity index (χ0n) is 16.2. The molecule has 4 amide bonds. The molecule has 11 heteroatoms. The monoisotopic (exact) mass is 418 g/mol. The summed E-state index contributed by atoms with van der Waals surface area (Å²) in [5.74, 6) is -4.11. The zero-order valence-corrected chi connectivity index (χ0v) is 17.1. The van der Waals surface area contributed by atoms with E-state index in [1.54, 1.807) is 6.92 Å². The van der Waals surface area contributed by atoms with E-state index < -0.39 is 48.2 Å². The second kappa shape index (κ2) is 13.8. The highest BCUT2D eigenvalue weighted by atomic mass is 32.1. The molecule has 0 radical (unpaired) electrons. The number of aliphatic carboxylic acids is 1. The normalized spacial score (nSPS) is 13.7. The molecule has 0 rings (SSSR count). The average Bonchev–Trinajstić information content (AvgIpc) is 2.63. The van der Waals surface area contributed by atoms with Gasteiger partial charge in [0.1, 0.15) is 18.1 Å². The molecule has 0 saturated carbocycles. The number of nitrogens with two attached hydrogens (primary N) is 1. The third kappa shape index (κ3) is 10.1. The summed E-state index contributed by atoms with van der Waals surface area (Å²) in [6.45, 7) is 3.63. The van der Waals surface area contributed by atoms with E-state index >= 15 is 0 Å². The van der Waals surface area contributed by atoms with Gasteiger partial charge in [0.2, 0.25) is 23.6 Å². The number of hydrogen-bond donors (Lipinski definition) is 6. The van der Waals surface area contributed by atoms with Crippen LogP contribution in [0.1, 0.15) is 52.4 Å². The van der Waals surface area contributed by atoms with Gasteiger partial charge >= 0.3 is 5.97 Å². The molecule has 3 atom stereocenters. The number of hydrogen-bond acceptors (Lipinski definition) is 6. The number of thiol groups is 1. The average molecular weight is 419 g/mol. The molecule has 6 N–H and O–H groups in total. The number of carbonyl (C=O) groups is 5. The zero-order chi connectivity index (χ0) is 21.7. The highest BCUT2D eigenvalue weighted by Gasteiger charge is 2.29. The van der Waals surface area contributed by atoms with Gasteiger partial charge in [-0.1, -0.05) is 33.1 Å². The standard InChI is InChI=1S/C17H30N4O6S/c1-3-5-6-7-10(19-13(22)4-2)16(26)20-11(8-14(23)24)17(27)21-12(9-28)15(18)25/h10-12,28H,3-9H2,1-2H3,(H2,18,25)(H,19,22)(H,20,26)(H,21,27)(H,23,24)/t10-,11-,12-/m0/s1. The van der Waals surface area contributed by atoms with Gasteiger partial charge in [-0.3, -0.25) is 24.0 Å². The van der Waals surface area contributed by atoms with Crippen molar-refractivity contribution < 1.29 is 29.1 Å². The second-order valence-electron chi connectivity index (χ2n) is 6.27. The Kier molecular flexibility index (Phi) is 12.7. The first-order valence-electron chi connectivity index (χ1n) is 9.18. The molecule has 0 aromatic carbocycles. The van der Waals surface area contributed by atoms with Crippen LogP contribution in [0.5, 0.6) is 0 Å². The predicted molar refractivity (Wildman–Crippen MR) is 106 cm³/mol. The minimum absolute atomic E-state index is 0.0823. The Morgan fingerprint density at radius 3 is 1.96 bits per heavy atom. The molecule has 0 bridgehead atoms. The summed E-state index contributed by atoms with van der Waals surface area (Å²) in [6.07, 6.45) is 2.29. The van der Waals surface area contributed by atoms with Crippen molar-refractivity contribution in [3.63, 3.8) is 0 Å². The smallest absolute Gasteiger partial charge is 0.305 e. The Morgan fingerprint density at radius 1 is 0.929 bits per heavy atom. The number of unbranched alkanes of at least 4 members (excludes halogenated alkanes) is 2. The Hall–Kier alpha value is -2.30. The molecule has 0 heterocycles. The lowest BCUT2D eigenvalue weighted by Gasteiger charge is -2.23. The van der Waals surface area contributed by atoms with Crippen molar-refractivity contribution in [1.29, 1.82) is 0 Å². The van der Waals surface area contributed by atoms with Crippen molar-refractivity contribution in [3.8, 4) is 0 Å². The Labute approximate surface area is 169 Å². The van der Waals surface area contributed by atoms with Crippen LogP contribution in [0.15, 0.2) is 0 Å². The summed E-state index contributed by atoms with van der Waals surface area (Å²) in [4.78, 5) is 58.9. The van der Waals surface area contributed by atoms with E-state index in [2.05, 4.69) is 28.6 Å². The maximum absolute atomic E-state index is 12.6. The minimum atomic E-state index is -1.43. The highest BCUT2D eigenvalue weighted by Crippen LogP contribution is 2.06. The van der Waals surface area contributed by atoms with Crippen LogP contribution >= 0.6 is 12.6 Å². The molecule has 0 aliphatic carbocycles. The molecule has 160 valence electrons. The molecule has 0 spiro atoms. The van der Waals surface area contributed by atoms with Crippen LogP contribution in [0.3, 0.4) is 0 Å². The molecule has 0 fully saturated rings. The summed E-state index contributed by atoms with van der Waals surface area (Å²) in [6, 6.07) is -3.43. The van der Waals surface area contributed by atoms with E-state index in [4.69, 9.17) is 10.8 Å². The number of nitrogens with one attached hydrogen (secondary N) is 3. The SMILES string of the molecule is CCCCC[C@H](NC(=O)CC)C(=O)N[C@@H](CC(=O)O)C(=O)N[C@@H](CS)C(N)=O. The van der Waals surface area contributed by atoms with Crippen LogP contribution in [0.4, 0.5) is 0 Å².